The lowest BCUT2D eigenvalue weighted by atomic mass is 10.2. The maximum Gasteiger partial charge on any atom is 0.140 e. The third-order valence-electron chi connectivity index (χ3n) is 2.54. The van der Waals surface area contributed by atoms with Crippen LogP contribution in [0, 0.1) is 6.92 Å². The number of amidine groups is 1. The van der Waals surface area contributed by atoms with Crippen molar-refractivity contribution < 1.29 is 4.74 Å². The minimum Gasteiger partial charge on any atom is -0.491 e. The van der Waals surface area contributed by atoms with Gasteiger partial charge >= 0.3 is 0 Å². The van der Waals surface area contributed by atoms with Gasteiger partial charge in [0.25, 0.3) is 0 Å². The summed E-state index contributed by atoms with van der Waals surface area (Å²) in [7, 11) is 1.76. The SMILES string of the molecule is C=CN1CCOc2cc(C)ncc2C1=NC. The quantitative estimate of drug-likeness (QED) is 0.717. The molecule has 1 aromatic rings. The Kier molecular flexibility index (Phi) is 2.90. The van der Waals surface area contributed by atoms with E-state index in [-0.39, 0.29) is 0 Å². The van der Waals surface area contributed by atoms with Crippen molar-refractivity contribution in [2.45, 2.75) is 6.92 Å². The molecule has 0 spiro atoms. The normalized spacial score (nSPS) is 17.6. The van der Waals surface area contributed by atoms with Crippen molar-refractivity contribution in [3.63, 3.8) is 0 Å². The highest BCUT2D eigenvalue weighted by Crippen LogP contribution is 2.23. The zero-order valence-electron chi connectivity index (χ0n) is 9.60. The van der Waals surface area contributed by atoms with Crippen molar-refractivity contribution in [1.29, 1.82) is 0 Å². The Morgan fingerprint density at radius 3 is 3.12 bits per heavy atom. The van der Waals surface area contributed by atoms with Crippen LogP contribution in [0.15, 0.2) is 30.0 Å². The number of fused-ring (bicyclic) bond motifs is 1. The predicted octanol–water partition coefficient (Wildman–Crippen LogP) is 1.60. The average Bonchev–Trinajstić information content (AvgIpc) is 2.46. The molecule has 0 amide bonds. The van der Waals surface area contributed by atoms with Gasteiger partial charge in [0, 0.05) is 25.0 Å². The van der Waals surface area contributed by atoms with Crippen molar-refractivity contribution in [3.05, 3.63) is 36.3 Å². The van der Waals surface area contributed by atoms with Gasteiger partial charge < -0.3 is 9.64 Å². The number of pyridine rings is 1. The zero-order chi connectivity index (χ0) is 11.5. The number of hydrogen-bond donors (Lipinski definition) is 0. The number of rotatable bonds is 1. The lowest BCUT2D eigenvalue weighted by molar-refractivity contribution is 0.301. The monoisotopic (exact) mass is 217 g/mol. The van der Waals surface area contributed by atoms with Crippen LogP contribution in [0.5, 0.6) is 5.75 Å². The molecule has 1 aliphatic rings. The van der Waals surface area contributed by atoms with Crippen molar-refractivity contribution in [1.82, 2.24) is 9.88 Å². The van der Waals surface area contributed by atoms with Crippen LogP contribution < -0.4 is 4.74 Å². The van der Waals surface area contributed by atoms with E-state index in [9.17, 15) is 0 Å². The number of ether oxygens (including phenoxy) is 1. The standard InChI is InChI=1S/C12H15N3O/c1-4-15-5-6-16-11-7-9(2)14-8-10(11)12(15)13-3/h4,7-8H,1,5-6H2,2-3H3. The van der Waals surface area contributed by atoms with Gasteiger partial charge in [0.1, 0.15) is 18.2 Å². The molecule has 1 aliphatic heterocycles. The van der Waals surface area contributed by atoms with Gasteiger partial charge in [0.15, 0.2) is 0 Å². The van der Waals surface area contributed by atoms with Crippen LogP contribution in [0.4, 0.5) is 0 Å². The zero-order valence-corrected chi connectivity index (χ0v) is 9.60. The number of nitrogens with zero attached hydrogens (tertiary/aromatic N) is 3. The molecule has 0 radical (unpaired) electrons. The summed E-state index contributed by atoms with van der Waals surface area (Å²) in [5.74, 6) is 1.70. The van der Waals surface area contributed by atoms with E-state index in [1.807, 2.05) is 17.9 Å². The molecular weight excluding hydrogens is 202 g/mol. The molecule has 0 bridgehead atoms. The Labute approximate surface area is 95.3 Å². The lowest BCUT2D eigenvalue weighted by Gasteiger charge is -2.17. The van der Waals surface area contributed by atoms with Crippen LogP contribution in [0.25, 0.3) is 0 Å². The lowest BCUT2D eigenvalue weighted by Crippen LogP contribution is -2.27. The van der Waals surface area contributed by atoms with Crippen LogP contribution in [0.1, 0.15) is 11.3 Å². The second-order valence-electron chi connectivity index (χ2n) is 3.59. The molecule has 0 aliphatic carbocycles. The molecule has 0 fully saturated rings. The highest BCUT2D eigenvalue weighted by molar-refractivity contribution is 6.01. The van der Waals surface area contributed by atoms with Crippen LogP contribution in [0.3, 0.4) is 0 Å². The minimum absolute atomic E-state index is 0.626. The molecule has 2 rings (SSSR count). The van der Waals surface area contributed by atoms with Gasteiger partial charge in [-0.1, -0.05) is 6.58 Å². The van der Waals surface area contributed by atoms with Crippen molar-refractivity contribution in [2.75, 3.05) is 20.2 Å². The van der Waals surface area contributed by atoms with Crippen LogP contribution in [-0.4, -0.2) is 35.9 Å². The molecule has 2 heterocycles. The molecule has 0 saturated heterocycles. The van der Waals surface area contributed by atoms with E-state index in [0.717, 1.165) is 29.4 Å². The van der Waals surface area contributed by atoms with Gasteiger partial charge in [-0.15, -0.1) is 0 Å². The molecule has 1 aromatic heterocycles. The smallest absolute Gasteiger partial charge is 0.140 e. The fraction of sp³-hybridized carbons (Fsp3) is 0.333. The van der Waals surface area contributed by atoms with E-state index < -0.39 is 0 Å². The Balaban J connectivity index is 2.53. The summed E-state index contributed by atoms with van der Waals surface area (Å²) < 4.78 is 5.68. The number of aromatic nitrogens is 1. The van der Waals surface area contributed by atoms with Crippen molar-refractivity contribution >= 4 is 5.84 Å². The van der Waals surface area contributed by atoms with Gasteiger partial charge in [0.05, 0.1) is 12.1 Å². The summed E-state index contributed by atoms with van der Waals surface area (Å²) in [6.45, 7) is 7.11. The summed E-state index contributed by atoms with van der Waals surface area (Å²) in [5.41, 5.74) is 1.87. The number of aliphatic imine (C=N–C) groups is 1. The maximum atomic E-state index is 5.68. The van der Waals surface area contributed by atoms with Crippen LogP contribution in [-0.2, 0) is 0 Å². The van der Waals surface area contributed by atoms with E-state index in [0.29, 0.717) is 6.61 Å². The summed E-state index contributed by atoms with van der Waals surface area (Å²) in [6.07, 6.45) is 3.56. The second kappa shape index (κ2) is 4.35. The third kappa shape index (κ3) is 1.78. The van der Waals surface area contributed by atoms with Gasteiger partial charge in [-0.3, -0.25) is 9.98 Å². The van der Waals surface area contributed by atoms with Crippen molar-refractivity contribution in [2.24, 2.45) is 4.99 Å². The summed E-state index contributed by atoms with van der Waals surface area (Å²) in [4.78, 5) is 10.5. The fourth-order valence-corrected chi connectivity index (χ4v) is 1.76. The molecule has 4 nitrogen and oxygen atoms in total. The van der Waals surface area contributed by atoms with E-state index in [4.69, 9.17) is 4.74 Å². The van der Waals surface area contributed by atoms with E-state index in [1.54, 1.807) is 19.4 Å². The first kappa shape index (κ1) is 10.7. The van der Waals surface area contributed by atoms with Gasteiger partial charge in [-0.25, -0.2) is 0 Å². The Hall–Kier alpha value is -1.84. The van der Waals surface area contributed by atoms with E-state index in [1.165, 1.54) is 0 Å². The van der Waals surface area contributed by atoms with E-state index in [2.05, 4.69) is 16.6 Å². The van der Waals surface area contributed by atoms with Crippen LogP contribution in [0.2, 0.25) is 0 Å². The molecule has 0 unspecified atom stereocenters. The first-order valence-corrected chi connectivity index (χ1v) is 5.22. The molecule has 16 heavy (non-hydrogen) atoms. The first-order valence-electron chi connectivity index (χ1n) is 5.22. The molecule has 4 heteroatoms. The topological polar surface area (TPSA) is 37.7 Å². The highest BCUT2D eigenvalue weighted by atomic mass is 16.5. The maximum absolute atomic E-state index is 5.68. The Morgan fingerprint density at radius 1 is 1.62 bits per heavy atom. The van der Waals surface area contributed by atoms with E-state index >= 15 is 0 Å². The molecule has 0 saturated carbocycles. The Bertz CT molecular complexity index is 440. The summed E-state index contributed by atoms with van der Waals surface area (Å²) in [5, 5.41) is 0. The predicted molar refractivity (Wildman–Crippen MR) is 63.8 cm³/mol. The molecular formula is C12H15N3O. The summed E-state index contributed by atoms with van der Waals surface area (Å²) in [6, 6.07) is 1.94. The highest BCUT2D eigenvalue weighted by Gasteiger charge is 2.19. The van der Waals surface area contributed by atoms with Gasteiger partial charge in [-0.05, 0) is 13.1 Å². The summed E-state index contributed by atoms with van der Waals surface area (Å²) >= 11 is 0. The average molecular weight is 217 g/mol. The minimum atomic E-state index is 0.626. The van der Waals surface area contributed by atoms with Gasteiger partial charge in [0.2, 0.25) is 0 Å². The van der Waals surface area contributed by atoms with Crippen molar-refractivity contribution in [3.8, 4) is 5.75 Å². The molecule has 0 aromatic carbocycles. The third-order valence-corrected chi connectivity index (χ3v) is 2.54. The second-order valence-corrected chi connectivity index (χ2v) is 3.59. The number of hydrogen-bond acceptors (Lipinski definition) is 3. The molecule has 0 N–H and O–H groups in total. The molecule has 0 atom stereocenters. The Morgan fingerprint density at radius 2 is 2.44 bits per heavy atom. The van der Waals surface area contributed by atoms with Gasteiger partial charge in [-0.2, -0.15) is 0 Å². The first-order chi connectivity index (χ1) is 7.76. The largest absolute Gasteiger partial charge is 0.491 e. The number of aryl methyl sites for hydroxylation is 1. The fourth-order valence-electron chi connectivity index (χ4n) is 1.76. The van der Waals surface area contributed by atoms with Crippen LogP contribution >= 0.6 is 0 Å². The molecule has 84 valence electrons.